The second-order valence-electron chi connectivity index (χ2n) is 6.65. The van der Waals surface area contributed by atoms with Crippen molar-refractivity contribution in [2.75, 3.05) is 0 Å². The van der Waals surface area contributed by atoms with Gasteiger partial charge in [-0.3, -0.25) is 14.6 Å². The third kappa shape index (κ3) is 4.79. The Morgan fingerprint density at radius 1 is 1.18 bits per heavy atom. The number of nitrogens with one attached hydrogen (secondary N) is 1. The molecule has 1 aromatic heterocycles. The van der Waals surface area contributed by atoms with Gasteiger partial charge in [0, 0.05) is 18.4 Å². The summed E-state index contributed by atoms with van der Waals surface area (Å²) in [4.78, 5) is 31.9. The number of nitrogens with zero attached hydrogens (tertiary/aromatic N) is 2. The van der Waals surface area contributed by atoms with Gasteiger partial charge in [-0.05, 0) is 46.5 Å². The van der Waals surface area contributed by atoms with Crippen molar-refractivity contribution in [1.29, 1.82) is 0 Å². The molecule has 0 atom stereocenters. The lowest BCUT2D eigenvalue weighted by Crippen LogP contribution is -2.40. The first-order valence-corrected chi connectivity index (χ1v) is 7.65. The van der Waals surface area contributed by atoms with Gasteiger partial charge in [-0.1, -0.05) is 0 Å². The highest BCUT2D eigenvalue weighted by Gasteiger charge is 2.30. The molecule has 1 aliphatic carbocycles. The number of esters is 1. The van der Waals surface area contributed by atoms with Gasteiger partial charge in [-0.15, -0.1) is 0 Å². The van der Waals surface area contributed by atoms with E-state index in [9.17, 15) is 9.59 Å². The SMILES string of the molecule is CC(C)(C)OC(=O)C1CCC(NC(=O)c2cnccn2)CC1. The first kappa shape index (κ1) is 16.4. The maximum absolute atomic E-state index is 12.0. The Labute approximate surface area is 130 Å². The van der Waals surface area contributed by atoms with Gasteiger partial charge >= 0.3 is 5.97 Å². The minimum Gasteiger partial charge on any atom is -0.460 e. The van der Waals surface area contributed by atoms with Crippen LogP contribution in [0.1, 0.15) is 56.9 Å². The van der Waals surface area contributed by atoms with Gasteiger partial charge in [-0.25, -0.2) is 4.98 Å². The number of ether oxygens (including phenoxy) is 1. The first-order chi connectivity index (χ1) is 10.3. The van der Waals surface area contributed by atoms with Crippen LogP contribution in [0.2, 0.25) is 0 Å². The van der Waals surface area contributed by atoms with Crippen molar-refractivity contribution < 1.29 is 14.3 Å². The van der Waals surface area contributed by atoms with Gasteiger partial charge < -0.3 is 10.1 Å². The number of amides is 1. The van der Waals surface area contributed by atoms with Crippen LogP contribution in [0.25, 0.3) is 0 Å². The van der Waals surface area contributed by atoms with Gasteiger partial charge in [0.1, 0.15) is 11.3 Å². The van der Waals surface area contributed by atoms with Crippen molar-refractivity contribution in [3.05, 3.63) is 24.3 Å². The predicted octanol–water partition coefficient (Wildman–Crippen LogP) is 2.11. The van der Waals surface area contributed by atoms with Gasteiger partial charge in [-0.2, -0.15) is 0 Å². The summed E-state index contributed by atoms with van der Waals surface area (Å²) in [5, 5.41) is 2.95. The highest BCUT2D eigenvalue weighted by atomic mass is 16.6. The van der Waals surface area contributed by atoms with Crippen LogP contribution < -0.4 is 5.32 Å². The smallest absolute Gasteiger partial charge is 0.309 e. The summed E-state index contributed by atoms with van der Waals surface area (Å²) in [6.45, 7) is 5.62. The van der Waals surface area contributed by atoms with E-state index >= 15 is 0 Å². The summed E-state index contributed by atoms with van der Waals surface area (Å²) in [7, 11) is 0. The molecular weight excluding hydrogens is 282 g/mol. The van der Waals surface area contributed by atoms with Crippen molar-refractivity contribution in [2.45, 2.75) is 58.1 Å². The lowest BCUT2D eigenvalue weighted by atomic mass is 9.86. The van der Waals surface area contributed by atoms with Crippen molar-refractivity contribution >= 4 is 11.9 Å². The quantitative estimate of drug-likeness (QED) is 0.865. The Kier molecular flexibility index (Phi) is 5.11. The molecule has 0 bridgehead atoms. The number of carbonyl (C=O) groups excluding carboxylic acids is 2. The van der Waals surface area contributed by atoms with Crippen LogP contribution in [-0.2, 0) is 9.53 Å². The largest absolute Gasteiger partial charge is 0.460 e. The predicted molar refractivity (Wildman–Crippen MR) is 81.1 cm³/mol. The van der Waals surface area contributed by atoms with Crippen molar-refractivity contribution in [3.8, 4) is 0 Å². The minimum atomic E-state index is -0.450. The normalized spacial score (nSPS) is 22.0. The lowest BCUT2D eigenvalue weighted by molar-refractivity contribution is -0.161. The fourth-order valence-electron chi connectivity index (χ4n) is 2.53. The van der Waals surface area contributed by atoms with Gasteiger partial charge in [0.2, 0.25) is 0 Å². The van der Waals surface area contributed by atoms with E-state index in [1.807, 2.05) is 20.8 Å². The number of hydrogen-bond acceptors (Lipinski definition) is 5. The van der Waals surface area contributed by atoms with E-state index in [0.29, 0.717) is 5.69 Å². The second kappa shape index (κ2) is 6.85. The van der Waals surface area contributed by atoms with Crippen molar-refractivity contribution in [1.82, 2.24) is 15.3 Å². The van der Waals surface area contributed by atoms with Crippen LogP contribution in [0.3, 0.4) is 0 Å². The third-order valence-corrected chi connectivity index (χ3v) is 3.60. The fraction of sp³-hybridized carbons (Fsp3) is 0.625. The van der Waals surface area contributed by atoms with Crippen LogP contribution in [0.5, 0.6) is 0 Å². The number of carbonyl (C=O) groups is 2. The standard InChI is InChI=1S/C16H23N3O3/c1-16(2,3)22-15(21)11-4-6-12(7-5-11)19-14(20)13-10-17-8-9-18-13/h8-12H,4-7H2,1-3H3,(H,19,20). The van der Waals surface area contributed by atoms with E-state index < -0.39 is 5.60 Å². The zero-order valence-electron chi connectivity index (χ0n) is 13.3. The molecule has 1 heterocycles. The molecule has 0 unspecified atom stereocenters. The van der Waals surface area contributed by atoms with E-state index in [2.05, 4.69) is 15.3 Å². The zero-order valence-corrected chi connectivity index (χ0v) is 13.3. The monoisotopic (exact) mass is 305 g/mol. The maximum atomic E-state index is 12.0. The Morgan fingerprint density at radius 2 is 1.86 bits per heavy atom. The fourth-order valence-corrected chi connectivity index (χ4v) is 2.53. The van der Waals surface area contributed by atoms with Crippen LogP contribution in [-0.4, -0.2) is 33.5 Å². The topological polar surface area (TPSA) is 81.2 Å². The number of aromatic nitrogens is 2. The Morgan fingerprint density at radius 3 is 2.41 bits per heavy atom. The highest BCUT2D eigenvalue weighted by Crippen LogP contribution is 2.27. The molecule has 6 heteroatoms. The number of rotatable bonds is 3. The molecule has 22 heavy (non-hydrogen) atoms. The molecule has 6 nitrogen and oxygen atoms in total. The van der Waals surface area contributed by atoms with Crippen molar-refractivity contribution in [2.24, 2.45) is 5.92 Å². The zero-order chi connectivity index (χ0) is 16.2. The van der Waals surface area contributed by atoms with Crippen LogP contribution in [0.15, 0.2) is 18.6 Å². The molecule has 0 aliphatic heterocycles. The summed E-state index contributed by atoms with van der Waals surface area (Å²) in [6.07, 6.45) is 7.49. The molecule has 1 amide bonds. The highest BCUT2D eigenvalue weighted by molar-refractivity contribution is 5.92. The molecule has 1 saturated carbocycles. The Hall–Kier alpha value is -1.98. The molecule has 2 rings (SSSR count). The summed E-state index contributed by atoms with van der Waals surface area (Å²) in [5.74, 6) is -0.413. The summed E-state index contributed by atoms with van der Waals surface area (Å²) < 4.78 is 5.42. The Bertz CT molecular complexity index is 517. The molecule has 1 N–H and O–H groups in total. The number of hydrogen-bond donors (Lipinski definition) is 1. The van der Waals surface area contributed by atoms with Crippen LogP contribution in [0, 0.1) is 5.92 Å². The summed E-state index contributed by atoms with van der Waals surface area (Å²) in [5.41, 5.74) is -0.134. The minimum absolute atomic E-state index is 0.0658. The first-order valence-electron chi connectivity index (χ1n) is 7.65. The van der Waals surface area contributed by atoms with E-state index in [1.54, 1.807) is 0 Å². The van der Waals surface area contributed by atoms with E-state index in [4.69, 9.17) is 4.74 Å². The summed E-state index contributed by atoms with van der Waals surface area (Å²) in [6, 6.07) is 0.0770. The average Bonchev–Trinajstić information content (AvgIpc) is 2.47. The van der Waals surface area contributed by atoms with E-state index in [-0.39, 0.29) is 23.8 Å². The molecule has 1 fully saturated rings. The average molecular weight is 305 g/mol. The molecule has 1 aliphatic rings. The van der Waals surface area contributed by atoms with Crippen molar-refractivity contribution in [3.63, 3.8) is 0 Å². The molecule has 120 valence electrons. The molecule has 0 radical (unpaired) electrons. The third-order valence-electron chi connectivity index (χ3n) is 3.60. The van der Waals surface area contributed by atoms with Crippen LogP contribution in [0.4, 0.5) is 0 Å². The molecular formula is C16H23N3O3. The molecule has 0 aromatic carbocycles. The molecule has 0 spiro atoms. The van der Waals surface area contributed by atoms with Gasteiger partial charge in [0.25, 0.3) is 5.91 Å². The van der Waals surface area contributed by atoms with E-state index in [1.165, 1.54) is 18.6 Å². The molecule has 1 aromatic rings. The summed E-state index contributed by atoms with van der Waals surface area (Å²) >= 11 is 0. The second-order valence-corrected chi connectivity index (χ2v) is 6.65. The maximum Gasteiger partial charge on any atom is 0.309 e. The van der Waals surface area contributed by atoms with Crippen LogP contribution >= 0.6 is 0 Å². The van der Waals surface area contributed by atoms with Gasteiger partial charge in [0.05, 0.1) is 12.1 Å². The lowest BCUT2D eigenvalue weighted by Gasteiger charge is -2.30. The Balaban J connectivity index is 1.80. The van der Waals surface area contributed by atoms with E-state index in [0.717, 1.165) is 25.7 Å². The molecule has 0 saturated heterocycles. The van der Waals surface area contributed by atoms with Gasteiger partial charge in [0.15, 0.2) is 0 Å².